The molecule has 2 nitrogen and oxygen atoms in total. The summed E-state index contributed by atoms with van der Waals surface area (Å²) in [5.74, 6) is 0. The van der Waals surface area contributed by atoms with Crippen molar-refractivity contribution in [2.24, 2.45) is 10.4 Å². The smallest absolute Gasteiger partial charge is 0.0792 e. The first-order chi connectivity index (χ1) is 9.28. The Morgan fingerprint density at radius 1 is 1.37 bits per heavy atom. The van der Waals surface area contributed by atoms with E-state index in [0.717, 1.165) is 30.5 Å². The molecule has 0 saturated heterocycles. The van der Waals surface area contributed by atoms with Gasteiger partial charge in [-0.1, -0.05) is 55.8 Å². The van der Waals surface area contributed by atoms with E-state index in [4.69, 9.17) is 0 Å². The molecule has 0 fully saturated rings. The van der Waals surface area contributed by atoms with Crippen molar-refractivity contribution in [1.82, 2.24) is 0 Å². The third-order valence-corrected chi connectivity index (χ3v) is 3.33. The molecule has 0 bridgehead atoms. The lowest BCUT2D eigenvalue weighted by molar-refractivity contribution is 0.457. The molecule has 0 heterocycles. The van der Waals surface area contributed by atoms with Gasteiger partial charge in [-0.3, -0.25) is 4.99 Å². The van der Waals surface area contributed by atoms with E-state index >= 15 is 0 Å². The number of allylic oxidation sites excluding steroid dienone is 3. The highest BCUT2D eigenvalue weighted by Crippen LogP contribution is 2.34. The topological polar surface area (TPSA) is 36.1 Å². The lowest BCUT2D eigenvalue weighted by Gasteiger charge is -2.23. The summed E-state index contributed by atoms with van der Waals surface area (Å²) in [7, 11) is 0. The van der Waals surface area contributed by atoms with E-state index in [-0.39, 0.29) is 5.41 Å². The second-order valence-electron chi connectivity index (χ2n) is 4.85. The molecule has 0 saturated carbocycles. The summed E-state index contributed by atoms with van der Waals surface area (Å²) in [4.78, 5) is 4.45. The molecule has 0 aliphatic heterocycles. The van der Waals surface area contributed by atoms with E-state index in [9.17, 15) is 5.26 Å². The lowest BCUT2D eigenvalue weighted by atomic mass is 9.79. The van der Waals surface area contributed by atoms with Crippen LogP contribution in [0.5, 0.6) is 0 Å². The zero-order valence-corrected chi connectivity index (χ0v) is 11.2. The summed E-state index contributed by atoms with van der Waals surface area (Å²) in [5.41, 5.74) is 1.70. The number of nitrogens with zero attached hydrogens (tertiary/aromatic N) is 2. The Bertz CT molecular complexity index is 546. The van der Waals surface area contributed by atoms with Crippen LogP contribution in [0.2, 0.25) is 0 Å². The van der Waals surface area contributed by atoms with Crippen molar-refractivity contribution in [1.29, 1.82) is 5.26 Å². The monoisotopic (exact) mass is 250 g/mol. The fourth-order valence-corrected chi connectivity index (χ4v) is 2.22. The molecule has 0 spiro atoms. The summed E-state index contributed by atoms with van der Waals surface area (Å²) in [6.07, 6.45) is 10.6. The van der Waals surface area contributed by atoms with Gasteiger partial charge in [0, 0.05) is 6.21 Å². The van der Waals surface area contributed by atoms with Crippen LogP contribution in [0, 0.1) is 16.7 Å². The molecule has 1 aliphatic carbocycles. The average molecular weight is 250 g/mol. The highest BCUT2D eigenvalue weighted by molar-refractivity contribution is 5.80. The van der Waals surface area contributed by atoms with Gasteiger partial charge >= 0.3 is 0 Å². The Labute approximate surface area is 114 Å². The molecular formula is C17H18N2. The standard InChI is InChI=1S/C17H18N2/c1-2-10-17(14-18)11-8-16(9-12-17)19-13-15-6-4-3-5-7-15/h3-9,11,13H,2,10,12H2,1H3. The Morgan fingerprint density at radius 2 is 2.16 bits per heavy atom. The summed E-state index contributed by atoms with van der Waals surface area (Å²) >= 11 is 0. The second-order valence-corrected chi connectivity index (χ2v) is 4.85. The fourth-order valence-electron chi connectivity index (χ4n) is 2.22. The number of benzene rings is 1. The van der Waals surface area contributed by atoms with Crippen molar-refractivity contribution < 1.29 is 0 Å². The molecule has 1 aliphatic rings. The van der Waals surface area contributed by atoms with Crippen molar-refractivity contribution >= 4 is 6.21 Å². The molecule has 0 N–H and O–H groups in total. The van der Waals surface area contributed by atoms with E-state index in [1.165, 1.54) is 0 Å². The van der Waals surface area contributed by atoms with Crippen molar-refractivity contribution in [3.05, 3.63) is 59.8 Å². The quantitative estimate of drug-likeness (QED) is 0.735. The van der Waals surface area contributed by atoms with Gasteiger partial charge < -0.3 is 0 Å². The van der Waals surface area contributed by atoms with Crippen molar-refractivity contribution in [3.63, 3.8) is 0 Å². The summed E-state index contributed by atoms with van der Waals surface area (Å²) in [6.45, 7) is 2.11. The highest BCUT2D eigenvalue weighted by Gasteiger charge is 2.26. The maximum absolute atomic E-state index is 9.30. The molecule has 0 aromatic heterocycles. The Morgan fingerprint density at radius 3 is 2.74 bits per heavy atom. The number of hydrogen-bond acceptors (Lipinski definition) is 2. The molecule has 1 aromatic carbocycles. The number of rotatable bonds is 4. The first-order valence-electron chi connectivity index (χ1n) is 6.68. The van der Waals surface area contributed by atoms with Crippen LogP contribution in [0.4, 0.5) is 0 Å². The molecule has 96 valence electrons. The average Bonchev–Trinajstić information content (AvgIpc) is 2.48. The SMILES string of the molecule is CCCC1(C#N)C=CC(N=Cc2ccccc2)=CC1. The molecule has 0 radical (unpaired) electrons. The van der Waals surface area contributed by atoms with E-state index in [1.54, 1.807) is 0 Å². The fraction of sp³-hybridized carbons (Fsp3) is 0.294. The largest absolute Gasteiger partial charge is 0.257 e. The van der Waals surface area contributed by atoms with E-state index in [2.05, 4.69) is 24.1 Å². The second kappa shape index (κ2) is 6.15. The van der Waals surface area contributed by atoms with Crippen LogP contribution in [0.15, 0.2) is 59.2 Å². The minimum atomic E-state index is -0.319. The predicted molar refractivity (Wildman–Crippen MR) is 78.8 cm³/mol. The van der Waals surface area contributed by atoms with Gasteiger partial charge in [-0.25, -0.2) is 0 Å². The third-order valence-electron chi connectivity index (χ3n) is 3.33. The molecule has 1 unspecified atom stereocenters. The normalized spacial score (nSPS) is 22.2. The summed E-state index contributed by atoms with van der Waals surface area (Å²) in [6, 6.07) is 12.4. The maximum atomic E-state index is 9.30. The lowest BCUT2D eigenvalue weighted by Crippen LogP contribution is -2.16. The predicted octanol–water partition coefficient (Wildman–Crippen LogP) is 4.26. The Kier molecular flexibility index (Phi) is 4.30. The Balaban J connectivity index is 2.05. The van der Waals surface area contributed by atoms with Gasteiger partial charge in [-0.05, 0) is 24.5 Å². The summed E-state index contributed by atoms with van der Waals surface area (Å²) in [5, 5.41) is 9.30. The molecule has 1 atom stereocenters. The van der Waals surface area contributed by atoms with Gasteiger partial charge in [-0.15, -0.1) is 0 Å². The first-order valence-corrected chi connectivity index (χ1v) is 6.68. The molecule has 2 rings (SSSR count). The minimum absolute atomic E-state index is 0.319. The Hall–Kier alpha value is -2.14. The summed E-state index contributed by atoms with van der Waals surface area (Å²) < 4.78 is 0. The van der Waals surface area contributed by atoms with Crippen LogP contribution < -0.4 is 0 Å². The van der Waals surface area contributed by atoms with Crippen LogP contribution in [-0.2, 0) is 0 Å². The van der Waals surface area contributed by atoms with Crippen molar-refractivity contribution in [2.45, 2.75) is 26.2 Å². The van der Waals surface area contributed by atoms with Crippen LogP contribution in [0.25, 0.3) is 0 Å². The first kappa shape index (κ1) is 13.3. The van der Waals surface area contributed by atoms with E-state index in [0.29, 0.717) is 0 Å². The molecule has 1 aromatic rings. The van der Waals surface area contributed by atoms with E-state index in [1.807, 2.05) is 48.7 Å². The van der Waals surface area contributed by atoms with Gasteiger partial charge in [-0.2, -0.15) is 5.26 Å². The molecule has 2 heteroatoms. The zero-order valence-electron chi connectivity index (χ0n) is 11.2. The van der Waals surface area contributed by atoms with Gasteiger partial charge in [0.05, 0.1) is 17.2 Å². The van der Waals surface area contributed by atoms with Gasteiger partial charge in [0.1, 0.15) is 0 Å². The van der Waals surface area contributed by atoms with Gasteiger partial charge in [0.2, 0.25) is 0 Å². The van der Waals surface area contributed by atoms with Gasteiger partial charge in [0.25, 0.3) is 0 Å². The van der Waals surface area contributed by atoms with Crippen LogP contribution in [-0.4, -0.2) is 6.21 Å². The number of aliphatic imine (C=N–C) groups is 1. The van der Waals surface area contributed by atoms with Crippen LogP contribution in [0.3, 0.4) is 0 Å². The van der Waals surface area contributed by atoms with Gasteiger partial charge in [0.15, 0.2) is 0 Å². The van der Waals surface area contributed by atoms with Crippen molar-refractivity contribution in [3.8, 4) is 6.07 Å². The molecular weight excluding hydrogens is 232 g/mol. The maximum Gasteiger partial charge on any atom is 0.0792 e. The van der Waals surface area contributed by atoms with E-state index < -0.39 is 0 Å². The third kappa shape index (κ3) is 3.42. The van der Waals surface area contributed by atoms with Crippen LogP contribution >= 0.6 is 0 Å². The number of hydrogen-bond donors (Lipinski definition) is 0. The van der Waals surface area contributed by atoms with Crippen LogP contribution in [0.1, 0.15) is 31.7 Å². The zero-order chi connectivity index (χ0) is 13.6. The van der Waals surface area contributed by atoms with Crippen molar-refractivity contribution in [2.75, 3.05) is 0 Å². The minimum Gasteiger partial charge on any atom is -0.257 e. The number of nitriles is 1. The molecule has 19 heavy (non-hydrogen) atoms. The molecule has 0 amide bonds. The highest BCUT2D eigenvalue weighted by atomic mass is 14.7.